The van der Waals surface area contributed by atoms with Gasteiger partial charge >= 0.3 is 0 Å². The highest BCUT2D eigenvalue weighted by Gasteiger charge is 2.16. The Bertz CT molecular complexity index is 1040. The maximum Gasteiger partial charge on any atom is 0.261 e. The molecule has 0 aliphatic carbocycles. The number of sulfonamides is 1. The summed E-state index contributed by atoms with van der Waals surface area (Å²) in [5.41, 5.74) is 1.74. The highest BCUT2D eigenvalue weighted by molar-refractivity contribution is 7.92. The number of hydrogen-bond donors (Lipinski definition) is 3. The van der Waals surface area contributed by atoms with Crippen molar-refractivity contribution in [2.24, 2.45) is 0 Å². The first kappa shape index (κ1) is 20.6. The second kappa shape index (κ2) is 9.36. The van der Waals surface area contributed by atoms with E-state index < -0.39 is 16.1 Å². The molecule has 0 saturated carbocycles. The molecular weight excluding hydrogens is 388 g/mol. The lowest BCUT2D eigenvalue weighted by atomic mass is 10.1. The van der Waals surface area contributed by atoms with Gasteiger partial charge in [-0.3, -0.25) is 9.52 Å². The van der Waals surface area contributed by atoms with E-state index in [-0.39, 0.29) is 17.4 Å². The van der Waals surface area contributed by atoms with Crippen molar-refractivity contribution >= 4 is 21.6 Å². The van der Waals surface area contributed by atoms with E-state index in [1.165, 1.54) is 36.4 Å². The van der Waals surface area contributed by atoms with E-state index in [1.807, 2.05) is 30.3 Å². The van der Waals surface area contributed by atoms with Crippen molar-refractivity contribution in [3.63, 3.8) is 0 Å². The predicted molar refractivity (Wildman–Crippen MR) is 112 cm³/mol. The van der Waals surface area contributed by atoms with Gasteiger partial charge in [0.2, 0.25) is 0 Å². The Hall–Kier alpha value is -3.16. The average Bonchev–Trinajstić information content (AvgIpc) is 2.75. The fourth-order valence-electron chi connectivity index (χ4n) is 2.83. The van der Waals surface area contributed by atoms with E-state index in [0.29, 0.717) is 17.7 Å². The Labute approximate surface area is 170 Å². The molecule has 0 aliphatic rings. The molecule has 7 heteroatoms. The molecule has 1 atom stereocenters. The Morgan fingerprint density at radius 3 is 2.03 bits per heavy atom. The molecule has 6 nitrogen and oxygen atoms in total. The van der Waals surface area contributed by atoms with Crippen LogP contribution < -0.4 is 10.0 Å². The Balaban J connectivity index is 1.64. The van der Waals surface area contributed by atoms with Gasteiger partial charge in [0.05, 0.1) is 17.5 Å². The van der Waals surface area contributed by atoms with Crippen LogP contribution in [-0.2, 0) is 16.4 Å². The van der Waals surface area contributed by atoms with Crippen LogP contribution in [0.5, 0.6) is 0 Å². The monoisotopic (exact) mass is 410 g/mol. The number of rotatable bonds is 8. The molecule has 3 rings (SSSR count). The number of aliphatic hydroxyl groups excluding tert-OH is 1. The molecule has 29 heavy (non-hydrogen) atoms. The molecule has 0 heterocycles. The fraction of sp³-hybridized carbons (Fsp3) is 0.136. The van der Waals surface area contributed by atoms with Crippen LogP contribution in [0.1, 0.15) is 15.9 Å². The molecule has 0 spiro atoms. The summed E-state index contributed by atoms with van der Waals surface area (Å²) < 4.78 is 27.2. The number of anilines is 1. The highest BCUT2D eigenvalue weighted by Crippen LogP contribution is 2.16. The molecule has 3 aromatic rings. The summed E-state index contributed by atoms with van der Waals surface area (Å²) in [6, 6.07) is 23.3. The van der Waals surface area contributed by atoms with Crippen molar-refractivity contribution in [1.82, 2.24) is 5.32 Å². The zero-order valence-corrected chi connectivity index (χ0v) is 16.5. The predicted octanol–water partition coefficient (Wildman–Crippen LogP) is 2.82. The average molecular weight is 410 g/mol. The van der Waals surface area contributed by atoms with Gasteiger partial charge in [0.1, 0.15) is 0 Å². The molecule has 0 saturated heterocycles. The third kappa shape index (κ3) is 5.66. The first-order valence-corrected chi connectivity index (χ1v) is 10.6. The lowest BCUT2D eigenvalue weighted by Crippen LogP contribution is -2.39. The van der Waals surface area contributed by atoms with E-state index in [0.717, 1.165) is 5.56 Å². The second-order valence-corrected chi connectivity index (χ2v) is 8.22. The molecule has 3 aromatic carbocycles. The number of nitrogens with one attached hydrogen (secondary N) is 2. The van der Waals surface area contributed by atoms with Crippen molar-refractivity contribution in [3.05, 3.63) is 96.1 Å². The first-order chi connectivity index (χ1) is 14.0. The molecule has 0 aliphatic heterocycles. The highest BCUT2D eigenvalue weighted by atomic mass is 32.2. The maximum absolute atomic E-state index is 12.5. The second-order valence-electron chi connectivity index (χ2n) is 6.54. The summed E-state index contributed by atoms with van der Waals surface area (Å²) in [7, 11) is -3.69. The normalized spacial score (nSPS) is 12.2. The standard InChI is InChI=1S/C22H22N2O4S/c25-16-20(15-17-7-3-1-4-8-17)23-22(26)18-11-13-19(14-12-18)24-29(27,28)21-9-5-2-6-10-21/h1-14,20,24-25H,15-16H2,(H,23,26). The minimum atomic E-state index is -3.69. The van der Waals surface area contributed by atoms with Gasteiger partial charge < -0.3 is 10.4 Å². The fourth-order valence-corrected chi connectivity index (χ4v) is 3.91. The molecular formula is C22H22N2O4S. The third-order valence-electron chi connectivity index (χ3n) is 4.33. The van der Waals surface area contributed by atoms with Crippen molar-refractivity contribution in [1.29, 1.82) is 0 Å². The summed E-state index contributed by atoms with van der Waals surface area (Å²) in [6.07, 6.45) is 0.512. The van der Waals surface area contributed by atoms with Crippen LogP contribution in [0, 0.1) is 0 Å². The zero-order valence-electron chi connectivity index (χ0n) is 15.7. The minimum absolute atomic E-state index is 0.161. The van der Waals surface area contributed by atoms with Crippen LogP contribution in [0.2, 0.25) is 0 Å². The number of carbonyl (C=O) groups excluding carboxylic acids is 1. The summed E-state index contributed by atoms with van der Waals surface area (Å²) in [4.78, 5) is 12.6. The Kier molecular flexibility index (Phi) is 6.64. The number of aliphatic hydroxyl groups is 1. The summed E-state index contributed by atoms with van der Waals surface area (Å²) >= 11 is 0. The van der Waals surface area contributed by atoms with Crippen LogP contribution in [0.4, 0.5) is 5.69 Å². The van der Waals surface area contributed by atoms with Crippen molar-refractivity contribution in [2.75, 3.05) is 11.3 Å². The van der Waals surface area contributed by atoms with Gasteiger partial charge in [0.25, 0.3) is 15.9 Å². The third-order valence-corrected chi connectivity index (χ3v) is 5.73. The molecule has 1 amide bonds. The van der Waals surface area contributed by atoms with Crippen molar-refractivity contribution < 1.29 is 18.3 Å². The Morgan fingerprint density at radius 1 is 0.862 bits per heavy atom. The first-order valence-electron chi connectivity index (χ1n) is 9.11. The van der Waals surface area contributed by atoms with E-state index >= 15 is 0 Å². The van der Waals surface area contributed by atoms with Crippen LogP contribution >= 0.6 is 0 Å². The van der Waals surface area contributed by atoms with Crippen LogP contribution in [0.15, 0.2) is 89.8 Å². The number of carbonyl (C=O) groups is 1. The summed E-state index contributed by atoms with van der Waals surface area (Å²) in [6.45, 7) is -0.185. The SMILES string of the molecule is O=C(NC(CO)Cc1ccccc1)c1ccc(NS(=O)(=O)c2ccccc2)cc1. The smallest absolute Gasteiger partial charge is 0.261 e. The molecule has 0 radical (unpaired) electrons. The maximum atomic E-state index is 12.5. The van der Waals surface area contributed by atoms with Gasteiger partial charge in [-0.25, -0.2) is 8.42 Å². The molecule has 3 N–H and O–H groups in total. The van der Waals surface area contributed by atoms with Crippen molar-refractivity contribution in [2.45, 2.75) is 17.4 Å². The molecule has 0 fully saturated rings. The Morgan fingerprint density at radius 2 is 1.45 bits per heavy atom. The number of benzene rings is 3. The van der Waals surface area contributed by atoms with Crippen molar-refractivity contribution in [3.8, 4) is 0 Å². The molecule has 1 unspecified atom stereocenters. The van der Waals surface area contributed by atoms with E-state index in [9.17, 15) is 18.3 Å². The van der Waals surface area contributed by atoms with Gasteiger partial charge in [0.15, 0.2) is 0 Å². The molecule has 150 valence electrons. The van der Waals surface area contributed by atoms with Gasteiger partial charge in [-0.1, -0.05) is 48.5 Å². The number of hydrogen-bond acceptors (Lipinski definition) is 4. The molecule has 0 bridgehead atoms. The summed E-state index contributed by atoms with van der Waals surface area (Å²) in [5.74, 6) is -0.336. The number of amides is 1. The molecule has 0 aromatic heterocycles. The van der Waals surface area contributed by atoms with Crippen LogP contribution in [0.25, 0.3) is 0 Å². The largest absolute Gasteiger partial charge is 0.394 e. The van der Waals surface area contributed by atoms with Gasteiger partial charge in [-0.2, -0.15) is 0 Å². The van der Waals surface area contributed by atoms with Gasteiger partial charge in [-0.15, -0.1) is 0 Å². The zero-order chi connectivity index (χ0) is 20.7. The topological polar surface area (TPSA) is 95.5 Å². The van der Waals surface area contributed by atoms with E-state index in [1.54, 1.807) is 18.2 Å². The van der Waals surface area contributed by atoms with Crippen LogP contribution in [0.3, 0.4) is 0 Å². The summed E-state index contributed by atoms with van der Waals surface area (Å²) in [5, 5.41) is 12.4. The lowest BCUT2D eigenvalue weighted by molar-refractivity contribution is 0.0916. The van der Waals surface area contributed by atoms with Gasteiger partial charge in [-0.05, 0) is 48.4 Å². The minimum Gasteiger partial charge on any atom is -0.394 e. The van der Waals surface area contributed by atoms with Gasteiger partial charge in [0, 0.05) is 11.3 Å². The van der Waals surface area contributed by atoms with Crippen LogP contribution in [-0.4, -0.2) is 32.1 Å². The quantitative estimate of drug-likeness (QED) is 0.532. The van der Waals surface area contributed by atoms with E-state index in [4.69, 9.17) is 0 Å². The van der Waals surface area contributed by atoms with E-state index in [2.05, 4.69) is 10.0 Å². The lowest BCUT2D eigenvalue weighted by Gasteiger charge is -2.16.